The standard InChI is InChI=1S/C15H13NO4/c1-2-11-15(18)16-10-8-9(5-6-12(10)20-11)14(17)13-4-3-7-19-13/h3-8,11H,2H2,1H3,(H,16,18). The fourth-order valence-electron chi connectivity index (χ4n) is 2.11. The predicted octanol–water partition coefficient (Wildman–Crippen LogP) is 2.62. The third-order valence-corrected chi connectivity index (χ3v) is 3.18. The van der Waals surface area contributed by atoms with Crippen molar-refractivity contribution < 1.29 is 18.7 Å². The highest BCUT2D eigenvalue weighted by Gasteiger charge is 2.26. The van der Waals surface area contributed by atoms with Crippen molar-refractivity contribution >= 4 is 17.4 Å². The molecule has 0 saturated heterocycles. The Morgan fingerprint density at radius 2 is 2.20 bits per heavy atom. The molecule has 0 saturated carbocycles. The van der Waals surface area contributed by atoms with Gasteiger partial charge in [-0.15, -0.1) is 0 Å². The summed E-state index contributed by atoms with van der Waals surface area (Å²) >= 11 is 0. The lowest BCUT2D eigenvalue weighted by molar-refractivity contribution is -0.123. The van der Waals surface area contributed by atoms with Crippen molar-refractivity contribution in [2.45, 2.75) is 19.4 Å². The molecule has 1 amide bonds. The Labute approximate surface area is 115 Å². The summed E-state index contributed by atoms with van der Waals surface area (Å²) < 4.78 is 10.7. The van der Waals surface area contributed by atoms with Crippen molar-refractivity contribution in [1.82, 2.24) is 0 Å². The number of nitrogens with one attached hydrogen (secondary N) is 1. The number of ketones is 1. The number of furan rings is 1. The van der Waals surface area contributed by atoms with Gasteiger partial charge < -0.3 is 14.5 Å². The molecule has 1 aromatic heterocycles. The first kappa shape index (κ1) is 12.5. The second-order valence-electron chi connectivity index (χ2n) is 4.52. The lowest BCUT2D eigenvalue weighted by Gasteiger charge is -2.25. The zero-order valence-corrected chi connectivity index (χ0v) is 10.9. The molecular formula is C15H13NO4. The van der Waals surface area contributed by atoms with Gasteiger partial charge in [0.15, 0.2) is 11.9 Å². The SMILES string of the molecule is CCC1Oc2ccc(C(=O)c3ccco3)cc2NC1=O. The minimum absolute atomic E-state index is 0.192. The lowest BCUT2D eigenvalue weighted by Crippen LogP contribution is -2.36. The van der Waals surface area contributed by atoms with Crippen LogP contribution in [0.25, 0.3) is 0 Å². The van der Waals surface area contributed by atoms with Crippen LogP contribution in [0.15, 0.2) is 41.0 Å². The summed E-state index contributed by atoms with van der Waals surface area (Å²) in [5, 5.41) is 2.75. The summed E-state index contributed by atoms with van der Waals surface area (Å²) in [6.45, 7) is 1.88. The maximum Gasteiger partial charge on any atom is 0.265 e. The molecule has 1 atom stereocenters. The van der Waals surface area contributed by atoms with Gasteiger partial charge >= 0.3 is 0 Å². The lowest BCUT2D eigenvalue weighted by atomic mass is 10.1. The Kier molecular flexibility index (Phi) is 3.02. The van der Waals surface area contributed by atoms with Crippen molar-refractivity contribution in [3.8, 4) is 5.75 Å². The van der Waals surface area contributed by atoms with Gasteiger partial charge in [0.05, 0.1) is 12.0 Å². The number of ether oxygens (including phenoxy) is 1. The van der Waals surface area contributed by atoms with E-state index in [1.807, 2.05) is 6.92 Å². The van der Waals surface area contributed by atoms with Gasteiger partial charge in [-0.2, -0.15) is 0 Å². The van der Waals surface area contributed by atoms with Crippen molar-refractivity contribution in [2.24, 2.45) is 0 Å². The molecule has 1 aliphatic rings. The molecular weight excluding hydrogens is 258 g/mol. The van der Waals surface area contributed by atoms with Crippen molar-refractivity contribution in [1.29, 1.82) is 0 Å². The van der Waals surface area contributed by atoms with Crippen LogP contribution in [0.4, 0.5) is 5.69 Å². The van der Waals surface area contributed by atoms with E-state index in [0.29, 0.717) is 23.4 Å². The normalized spacial score (nSPS) is 17.1. The molecule has 102 valence electrons. The smallest absolute Gasteiger partial charge is 0.265 e. The highest BCUT2D eigenvalue weighted by molar-refractivity contribution is 6.08. The van der Waals surface area contributed by atoms with Crippen LogP contribution in [-0.2, 0) is 4.79 Å². The Morgan fingerprint density at radius 3 is 2.90 bits per heavy atom. The van der Waals surface area contributed by atoms with Gasteiger partial charge in [-0.3, -0.25) is 9.59 Å². The highest BCUT2D eigenvalue weighted by atomic mass is 16.5. The number of carbonyl (C=O) groups excluding carboxylic acids is 2. The van der Waals surface area contributed by atoms with E-state index in [1.165, 1.54) is 6.26 Å². The van der Waals surface area contributed by atoms with Crippen molar-refractivity contribution in [2.75, 3.05) is 5.32 Å². The van der Waals surface area contributed by atoms with Crippen LogP contribution in [0.2, 0.25) is 0 Å². The minimum Gasteiger partial charge on any atom is -0.478 e. The molecule has 0 spiro atoms. The molecule has 20 heavy (non-hydrogen) atoms. The zero-order chi connectivity index (χ0) is 14.1. The molecule has 1 aromatic carbocycles. The molecule has 3 rings (SSSR count). The number of fused-ring (bicyclic) bond motifs is 1. The van der Waals surface area contributed by atoms with E-state index in [2.05, 4.69) is 5.32 Å². The van der Waals surface area contributed by atoms with Crippen molar-refractivity contribution in [3.63, 3.8) is 0 Å². The molecule has 1 aliphatic heterocycles. The first-order valence-corrected chi connectivity index (χ1v) is 6.39. The maximum atomic E-state index is 12.1. The van der Waals surface area contributed by atoms with E-state index in [0.717, 1.165) is 0 Å². The van der Waals surface area contributed by atoms with Gasteiger partial charge in [0, 0.05) is 5.56 Å². The second-order valence-corrected chi connectivity index (χ2v) is 4.52. The molecule has 1 unspecified atom stereocenters. The van der Waals surface area contributed by atoms with E-state index in [-0.39, 0.29) is 17.5 Å². The quantitative estimate of drug-likeness (QED) is 0.871. The summed E-state index contributed by atoms with van der Waals surface area (Å²) in [4.78, 5) is 23.9. The second kappa shape index (κ2) is 4.85. The Morgan fingerprint density at radius 1 is 1.35 bits per heavy atom. The maximum absolute atomic E-state index is 12.1. The largest absolute Gasteiger partial charge is 0.478 e. The van der Waals surface area contributed by atoms with Gasteiger partial charge in [-0.1, -0.05) is 6.92 Å². The number of hydrogen-bond acceptors (Lipinski definition) is 4. The van der Waals surface area contributed by atoms with E-state index >= 15 is 0 Å². The van der Waals surface area contributed by atoms with Gasteiger partial charge in [-0.25, -0.2) is 0 Å². The van der Waals surface area contributed by atoms with Crippen LogP contribution in [0.1, 0.15) is 29.5 Å². The van der Waals surface area contributed by atoms with Gasteiger partial charge in [0.2, 0.25) is 5.78 Å². The van der Waals surface area contributed by atoms with E-state index in [1.54, 1.807) is 30.3 Å². The third kappa shape index (κ3) is 2.07. The summed E-state index contributed by atoms with van der Waals surface area (Å²) in [6.07, 6.45) is 1.56. The fraction of sp³-hybridized carbons (Fsp3) is 0.200. The number of anilines is 1. The van der Waals surface area contributed by atoms with Gasteiger partial charge in [0.25, 0.3) is 5.91 Å². The summed E-state index contributed by atoms with van der Waals surface area (Å²) in [6, 6.07) is 8.21. The highest BCUT2D eigenvalue weighted by Crippen LogP contribution is 2.31. The van der Waals surface area contributed by atoms with Crippen LogP contribution in [0.5, 0.6) is 5.75 Å². The molecule has 0 radical (unpaired) electrons. The molecule has 2 aromatic rings. The summed E-state index contributed by atoms with van der Waals surface area (Å²) in [7, 11) is 0. The Hall–Kier alpha value is -2.56. The monoisotopic (exact) mass is 271 g/mol. The minimum atomic E-state index is -0.478. The number of rotatable bonds is 3. The van der Waals surface area contributed by atoms with Gasteiger partial charge in [-0.05, 0) is 36.8 Å². The summed E-state index contributed by atoms with van der Waals surface area (Å²) in [5.41, 5.74) is 0.953. The number of amides is 1. The number of carbonyl (C=O) groups is 2. The van der Waals surface area contributed by atoms with Crippen LogP contribution < -0.4 is 10.1 Å². The van der Waals surface area contributed by atoms with Crippen molar-refractivity contribution in [3.05, 3.63) is 47.9 Å². The average Bonchev–Trinajstić information content (AvgIpc) is 2.99. The zero-order valence-electron chi connectivity index (χ0n) is 10.9. The van der Waals surface area contributed by atoms with E-state index in [4.69, 9.17) is 9.15 Å². The topological polar surface area (TPSA) is 68.5 Å². The summed E-state index contributed by atoms with van der Waals surface area (Å²) in [5.74, 6) is 0.416. The average molecular weight is 271 g/mol. The van der Waals surface area contributed by atoms with E-state index in [9.17, 15) is 9.59 Å². The molecule has 0 bridgehead atoms. The van der Waals surface area contributed by atoms with E-state index < -0.39 is 6.10 Å². The predicted molar refractivity (Wildman–Crippen MR) is 71.9 cm³/mol. The molecule has 0 fully saturated rings. The number of benzene rings is 1. The van der Waals surface area contributed by atoms with Crippen LogP contribution in [0, 0.1) is 0 Å². The van der Waals surface area contributed by atoms with Gasteiger partial charge in [0.1, 0.15) is 5.75 Å². The fourth-order valence-corrected chi connectivity index (χ4v) is 2.11. The van der Waals surface area contributed by atoms with Crippen LogP contribution in [0.3, 0.4) is 0 Å². The van der Waals surface area contributed by atoms with Crippen LogP contribution >= 0.6 is 0 Å². The Balaban J connectivity index is 1.93. The molecule has 0 aliphatic carbocycles. The molecule has 2 heterocycles. The Bertz CT molecular complexity index is 661. The first-order chi connectivity index (χ1) is 9.69. The molecule has 5 heteroatoms. The molecule has 5 nitrogen and oxygen atoms in total. The molecule has 1 N–H and O–H groups in total. The number of hydrogen-bond donors (Lipinski definition) is 1. The first-order valence-electron chi connectivity index (χ1n) is 6.39. The third-order valence-electron chi connectivity index (χ3n) is 3.18. The van der Waals surface area contributed by atoms with Crippen LogP contribution in [-0.4, -0.2) is 17.8 Å².